The van der Waals surface area contributed by atoms with Crippen LogP contribution in [0.4, 0.5) is 37.7 Å². The molecule has 3 aromatic rings. The lowest BCUT2D eigenvalue weighted by molar-refractivity contribution is -0.138. The molecule has 37 heavy (non-hydrogen) atoms. The second kappa shape index (κ2) is 9.63. The Morgan fingerprint density at radius 1 is 1.05 bits per heavy atom. The first-order valence-corrected chi connectivity index (χ1v) is 12.0. The second-order valence-electron chi connectivity index (χ2n) is 7.98. The summed E-state index contributed by atoms with van der Waals surface area (Å²) in [5.41, 5.74) is -2.63. The molecule has 0 unspecified atom stereocenters. The third-order valence-corrected chi connectivity index (χ3v) is 7.27. The number of ether oxygens (including phenoxy) is 1. The summed E-state index contributed by atoms with van der Waals surface area (Å²) in [6.45, 7) is 2.51. The van der Waals surface area contributed by atoms with E-state index in [0.29, 0.717) is 18.2 Å². The summed E-state index contributed by atoms with van der Waals surface area (Å²) in [6, 6.07) is 8.23. The highest BCUT2D eigenvalue weighted by molar-refractivity contribution is 7.92. The average molecular weight is 544 g/mol. The minimum Gasteiger partial charge on any atom is -0.484 e. The van der Waals surface area contributed by atoms with Gasteiger partial charge in [0.2, 0.25) is 0 Å². The number of nitrogens with one attached hydrogen (secondary N) is 1. The summed E-state index contributed by atoms with van der Waals surface area (Å²) < 4.78 is 115. The van der Waals surface area contributed by atoms with Gasteiger partial charge in [-0.3, -0.25) is 4.31 Å². The molecule has 0 bridgehead atoms. The van der Waals surface area contributed by atoms with Gasteiger partial charge in [0, 0.05) is 16.9 Å². The van der Waals surface area contributed by atoms with Crippen molar-refractivity contribution in [3.8, 4) is 5.75 Å². The lowest BCUT2D eigenvalue weighted by Crippen LogP contribution is -2.45. The van der Waals surface area contributed by atoms with Crippen LogP contribution in [0, 0.1) is 17.5 Å². The molecular weight excluding hydrogens is 526 g/mol. The number of benzene rings is 3. The third-order valence-electron chi connectivity index (χ3n) is 5.49. The van der Waals surface area contributed by atoms with E-state index < -0.39 is 74.6 Å². The highest BCUT2D eigenvalue weighted by Gasteiger charge is 2.37. The van der Waals surface area contributed by atoms with Crippen molar-refractivity contribution in [2.75, 3.05) is 22.8 Å². The molecule has 0 aliphatic carbocycles. The van der Waals surface area contributed by atoms with Crippen LogP contribution >= 0.6 is 0 Å². The molecule has 196 valence electrons. The fourth-order valence-electron chi connectivity index (χ4n) is 3.78. The predicted octanol–water partition coefficient (Wildman–Crippen LogP) is 5.15. The van der Waals surface area contributed by atoms with Crippen LogP contribution in [0.2, 0.25) is 0 Å². The maximum Gasteiger partial charge on any atom is 0.417 e. The minimum absolute atomic E-state index is 0.0190. The van der Waals surface area contributed by atoms with Gasteiger partial charge in [-0.15, -0.1) is 0 Å². The topological polar surface area (TPSA) is 78.9 Å². The highest BCUT2D eigenvalue weighted by Crippen LogP contribution is 2.41. The fourth-order valence-corrected chi connectivity index (χ4v) is 5.29. The lowest BCUT2D eigenvalue weighted by Gasteiger charge is -2.35. The number of hydrogen-bond donors (Lipinski definition) is 2. The Balaban J connectivity index is 1.74. The van der Waals surface area contributed by atoms with Crippen molar-refractivity contribution in [3.05, 3.63) is 89.8 Å². The summed E-state index contributed by atoms with van der Waals surface area (Å²) in [5.74, 6) is -3.85. The number of halogens is 6. The number of sulfonamides is 1. The van der Waals surface area contributed by atoms with Gasteiger partial charge in [0.05, 0.1) is 29.3 Å². The second-order valence-corrected chi connectivity index (χ2v) is 9.84. The summed E-state index contributed by atoms with van der Waals surface area (Å²) in [6.07, 6.45) is -5.88. The minimum atomic E-state index is -4.87. The average Bonchev–Trinajstić information content (AvgIpc) is 2.84. The van der Waals surface area contributed by atoms with Gasteiger partial charge < -0.3 is 15.2 Å². The van der Waals surface area contributed by atoms with Crippen LogP contribution in [0.25, 0.3) is 5.70 Å². The molecule has 0 saturated heterocycles. The smallest absolute Gasteiger partial charge is 0.417 e. The number of anilines is 2. The van der Waals surface area contributed by atoms with Crippen molar-refractivity contribution in [3.63, 3.8) is 0 Å². The molecule has 0 fully saturated rings. The van der Waals surface area contributed by atoms with E-state index in [1.165, 1.54) is 18.2 Å². The van der Waals surface area contributed by atoms with Crippen LogP contribution in [0.15, 0.2) is 66.1 Å². The largest absolute Gasteiger partial charge is 0.484 e. The maximum absolute atomic E-state index is 14.4. The molecular formula is C24H18F6N2O4S. The summed E-state index contributed by atoms with van der Waals surface area (Å²) in [7, 11) is -4.51. The molecule has 1 aliphatic rings. The zero-order chi connectivity index (χ0) is 27.1. The Hall–Kier alpha value is -3.71. The Labute approximate surface area is 207 Å². The highest BCUT2D eigenvalue weighted by atomic mass is 32.2. The molecule has 6 nitrogen and oxygen atoms in total. The zero-order valence-electron chi connectivity index (χ0n) is 18.7. The molecule has 3 aromatic carbocycles. The van der Waals surface area contributed by atoms with Gasteiger partial charge in [0.15, 0.2) is 11.6 Å². The van der Waals surface area contributed by atoms with Crippen molar-refractivity contribution in [2.24, 2.45) is 0 Å². The third kappa shape index (κ3) is 5.09. The molecule has 0 amide bonds. The molecule has 0 radical (unpaired) electrons. The van der Waals surface area contributed by atoms with Crippen molar-refractivity contribution in [1.82, 2.24) is 0 Å². The molecule has 1 aliphatic heterocycles. The maximum atomic E-state index is 14.4. The van der Waals surface area contributed by atoms with Gasteiger partial charge in [-0.1, -0.05) is 12.6 Å². The van der Waals surface area contributed by atoms with Crippen LogP contribution in [0.1, 0.15) is 11.1 Å². The van der Waals surface area contributed by atoms with E-state index in [4.69, 9.17) is 4.74 Å². The standard InChI is InChI=1S/C24H18F6N2O4S/c1-13(23-17(24(28,29)30)3-2-4-19(23)26)31-14-5-8-22-21(9-14)32(11-15(12-33)36-22)37(34,35)16-6-7-18(25)20(27)10-16/h2-10,15,31,33H,1,11-12H2/t15-/m0/s1. The molecule has 2 N–H and O–H groups in total. The van der Waals surface area contributed by atoms with Crippen molar-refractivity contribution < 1.29 is 44.6 Å². The lowest BCUT2D eigenvalue weighted by atomic mass is 10.0. The first-order valence-electron chi connectivity index (χ1n) is 10.5. The monoisotopic (exact) mass is 544 g/mol. The Kier molecular flexibility index (Phi) is 6.86. The molecule has 0 spiro atoms. The van der Waals surface area contributed by atoms with Crippen LogP contribution in [0.3, 0.4) is 0 Å². The molecule has 1 heterocycles. The Bertz CT molecular complexity index is 1480. The quantitative estimate of drug-likeness (QED) is 0.420. The van der Waals surface area contributed by atoms with Crippen molar-refractivity contribution in [2.45, 2.75) is 17.2 Å². The van der Waals surface area contributed by atoms with Crippen molar-refractivity contribution >= 4 is 27.1 Å². The number of fused-ring (bicyclic) bond motifs is 1. The summed E-state index contributed by atoms with van der Waals surface area (Å²) >= 11 is 0. The van der Waals surface area contributed by atoms with Crippen LogP contribution in [-0.2, 0) is 16.2 Å². The number of hydrogen-bond acceptors (Lipinski definition) is 5. The first-order chi connectivity index (χ1) is 17.3. The van der Waals surface area contributed by atoms with Crippen molar-refractivity contribution in [1.29, 1.82) is 0 Å². The van der Waals surface area contributed by atoms with Crippen LogP contribution in [0.5, 0.6) is 5.75 Å². The predicted molar refractivity (Wildman–Crippen MR) is 123 cm³/mol. The van der Waals surface area contributed by atoms with Gasteiger partial charge in [-0.2, -0.15) is 13.2 Å². The number of rotatable bonds is 6. The molecule has 0 aromatic heterocycles. The molecule has 1 atom stereocenters. The van der Waals surface area contributed by atoms with Gasteiger partial charge >= 0.3 is 6.18 Å². The summed E-state index contributed by atoms with van der Waals surface area (Å²) in [4.78, 5) is -0.583. The van der Waals surface area contributed by atoms with E-state index in [2.05, 4.69) is 11.9 Å². The van der Waals surface area contributed by atoms with Gasteiger partial charge in [0.25, 0.3) is 10.0 Å². The number of alkyl halides is 3. The Morgan fingerprint density at radius 3 is 2.43 bits per heavy atom. The van der Waals surface area contributed by atoms with Gasteiger partial charge in [-0.05, 0) is 48.5 Å². The van der Waals surface area contributed by atoms with Crippen LogP contribution in [-0.4, -0.2) is 32.8 Å². The van der Waals surface area contributed by atoms with E-state index in [1.54, 1.807) is 0 Å². The van der Waals surface area contributed by atoms with E-state index in [0.717, 1.165) is 22.5 Å². The molecule has 13 heteroatoms. The van der Waals surface area contributed by atoms with Gasteiger partial charge in [0.1, 0.15) is 17.7 Å². The normalized spacial score (nSPS) is 15.6. The first kappa shape index (κ1) is 26.4. The van der Waals surface area contributed by atoms with E-state index in [-0.39, 0.29) is 17.1 Å². The fraction of sp³-hybridized carbons (Fsp3) is 0.167. The van der Waals surface area contributed by atoms with Crippen LogP contribution < -0.4 is 14.4 Å². The zero-order valence-corrected chi connectivity index (χ0v) is 19.5. The number of aliphatic hydroxyl groups is 1. The summed E-state index contributed by atoms with van der Waals surface area (Å²) in [5, 5.41) is 12.1. The number of aliphatic hydroxyl groups excluding tert-OH is 1. The van der Waals surface area contributed by atoms with Gasteiger partial charge in [-0.25, -0.2) is 21.6 Å². The van der Waals surface area contributed by atoms with E-state index in [9.17, 15) is 39.9 Å². The molecule has 4 rings (SSSR count). The Morgan fingerprint density at radius 2 is 1.78 bits per heavy atom. The molecule has 0 saturated carbocycles. The van der Waals surface area contributed by atoms with E-state index in [1.807, 2.05) is 0 Å². The van der Waals surface area contributed by atoms with E-state index >= 15 is 0 Å². The SMILES string of the molecule is C=C(Nc1ccc2c(c1)N(S(=O)(=O)c1ccc(F)c(F)c1)C[C@@H](CO)O2)c1c(F)cccc1C(F)(F)F. The number of nitrogens with zero attached hydrogens (tertiary/aromatic N) is 1.